The number of carbonyl (C=O) groups is 2. The first kappa shape index (κ1) is 23.2. The molecule has 2 aromatic heterocycles. The first-order chi connectivity index (χ1) is 17.0. The third kappa shape index (κ3) is 5.58. The molecule has 0 spiro atoms. The summed E-state index contributed by atoms with van der Waals surface area (Å²) in [6.45, 7) is 1.52. The van der Waals surface area contributed by atoms with Crippen molar-refractivity contribution in [2.24, 2.45) is 0 Å². The number of aromatic nitrogens is 5. The number of hydrogen-bond donors (Lipinski definition) is 3. The van der Waals surface area contributed by atoms with E-state index in [-0.39, 0.29) is 18.2 Å². The van der Waals surface area contributed by atoms with Crippen LogP contribution in [0, 0.1) is 0 Å². The van der Waals surface area contributed by atoms with Gasteiger partial charge in [0.1, 0.15) is 11.4 Å². The lowest BCUT2D eigenvalue weighted by Crippen LogP contribution is -2.45. The number of amides is 2. The number of nitrogens with zero attached hydrogens (tertiary/aromatic N) is 4. The molecule has 10 heteroatoms. The van der Waals surface area contributed by atoms with Crippen molar-refractivity contribution in [3.63, 3.8) is 0 Å². The topological polar surface area (TPSA) is 139 Å². The van der Waals surface area contributed by atoms with Crippen LogP contribution < -0.4 is 10.6 Å². The summed E-state index contributed by atoms with van der Waals surface area (Å²) in [5, 5.41) is 17.5. The average Bonchev–Trinajstić information content (AvgIpc) is 3.45. The van der Waals surface area contributed by atoms with Crippen LogP contribution in [0.25, 0.3) is 11.4 Å². The van der Waals surface area contributed by atoms with Gasteiger partial charge < -0.3 is 15.2 Å². The number of rotatable bonds is 8. The number of hydrogen-bond acceptors (Lipinski definition) is 7. The molecule has 2 amide bonds. The van der Waals surface area contributed by atoms with Crippen molar-refractivity contribution in [2.75, 3.05) is 5.32 Å². The number of benzene rings is 1. The molecule has 0 atom stereocenters. The van der Waals surface area contributed by atoms with E-state index in [0.717, 1.165) is 49.9 Å². The van der Waals surface area contributed by atoms with E-state index >= 15 is 0 Å². The smallest absolute Gasteiger partial charge is 0.227 e. The molecule has 35 heavy (non-hydrogen) atoms. The molecule has 0 bridgehead atoms. The van der Waals surface area contributed by atoms with E-state index in [2.05, 4.69) is 36.0 Å². The normalized spacial score (nSPS) is 17.5. The minimum atomic E-state index is -0.587. The summed E-state index contributed by atoms with van der Waals surface area (Å²) in [6.07, 6.45) is 8.72. The number of anilines is 1. The van der Waals surface area contributed by atoms with E-state index in [4.69, 9.17) is 4.52 Å². The van der Waals surface area contributed by atoms with E-state index in [1.807, 2.05) is 24.3 Å². The highest BCUT2D eigenvalue weighted by atomic mass is 16.5. The number of H-pyrrole nitrogens is 1. The van der Waals surface area contributed by atoms with Crippen LogP contribution in [0.5, 0.6) is 0 Å². The van der Waals surface area contributed by atoms with E-state index in [1.54, 1.807) is 0 Å². The Balaban J connectivity index is 1.16. The second-order valence-electron chi connectivity index (χ2n) is 9.63. The molecule has 3 N–H and O–H groups in total. The van der Waals surface area contributed by atoms with Gasteiger partial charge in [0.05, 0.1) is 0 Å². The van der Waals surface area contributed by atoms with Crippen LogP contribution in [0.4, 0.5) is 5.69 Å². The Morgan fingerprint density at radius 2 is 1.83 bits per heavy atom. The summed E-state index contributed by atoms with van der Waals surface area (Å²) >= 11 is 0. The highest BCUT2D eigenvalue weighted by Gasteiger charge is 2.38. The minimum Gasteiger partial charge on any atom is -0.343 e. The fourth-order valence-electron chi connectivity index (χ4n) is 4.71. The number of aryl methyl sites for hydroxylation is 1. The van der Waals surface area contributed by atoms with Gasteiger partial charge in [-0.05, 0) is 49.9 Å². The zero-order valence-electron chi connectivity index (χ0n) is 20.0. The van der Waals surface area contributed by atoms with Crippen LogP contribution in [0.15, 0.2) is 28.8 Å². The Labute approximate surface area is 203 Å². The van der Waals surface area contributed by atoms with Crippen molar-refractivity contribution in [1.29, 1.82) is 0 Å². The number of nitrogens with one attached hydrogen (secondary N) is 3. The maximum Gasteiger partial charge on any atom is 0.227 e. The van der Waals surface area contributed by atoms with E-state index in [1.165, 1.54) is 19.8 Å². The molecule has 2 aliphatic rings. The van der Waals surface area contributed by atoms with Crippen molar-refractivity contribution in [3.05, 3.63) is 41.8 Å². The molecule has 3 aromatic rings. The third-order valence-corrected chi connectivity index (χ3v) is 6.73. The lowest BCUT2D eigenvalue weighted by molar-refractivity contribution is -0.121. The predicted molar refractivity (Wildman–Crippen MR) is 128 cm³/mol. The van der Waals surface area contributed by atoms with Crippen molar-refractivity contribution < 1.29 is 14.1 Å². The summed E-state index contributed by atoms with van der Waals surface area (Å²) in [5.74, 6) is 2.81. The summed E-state index contributed by atoms with van der Waals surface area (Å²) in [4.78, 5) is 33.5. The van der Waals surface area contributed by atoms with E-state index < -0.39 is 5.54 Å². The molecular weight excluding hydrogens is 446 g/mol. The summed E-state index contributed by atoms with van der Waals surface area (Å²) in [6, 6.07) is 7.48. The summed E-state index contributed by atoms with van der Waals surface area (Å²) < 4.78 is 5.44. The van der Waals surface area contributed by atoms with Crippen LogP contribution in [-0.2, 0) is 21.5 Å². The molecule has 1 aromatic carbocycles. The lowest BCUT2D eigenvalue weighted by atomic mass is 9.89. The molecule has 10 nitrogen and oxygen atoms in total. The van der Waals surface area contributed by atoms with Crippen LogP contribution >= 0.6 is 0 Å². The maximum absolute atomic E-state index is 12.5. The molecular formula is C25H31N7O3. The van der Waals surface area contributed by atoms with E-state index in [0.29, 0.717) is 35.6 Å². The predicted octanol–water partition coefficient (Wildman–Crippen LogP) is 3.99. The van der Waals surface area contributed by atoms with Crippen LogP contribution in [0.1, 0.15) is 88.2 Å². The van der Waals surface area contributed by atoms with Gasteiger partial charge in [0.2, 0.25) is 17.7 Å². The van der Waals surface area contributed by atoms with Crippen molar-refractivity contribution in [1.82, 2.24) is 30.6 Å². The molecule has 184 valence electrons. The molecule has 2 aliphatic carbocycles. The SMILES string of the molecule is CC(=O)NC1(c2noc(CCC(=O)Nc3ccc(-c4n[nH]c(C5CC5)n4)cc3)n2)CCCCCC1. The lowest BCUT2D eigenvalue weighted by Gasteiger charge is -2.30. The largest absolute Gasteiger partial charge is 0.343 e. The maximum atomic E-state index is 12.5. The zero-order valence-corrected chi connectivity index (χ0v) is 20.0. The van der Waals surface area contributed by atoms with Gasteiger partial charge in [0, 0.05) is 36.9 Å². The Kier molecular flexibility index (Phi) is 6.61. The van der Waals surface area contributed by atoms with Gasteiger partial charge in [0.25, 0.3) is 0 Å². The van der Waals surface area contributed by atoms with Crippen molar-refractivity contribution >= 4 is 17.5 Å². The van der Waals surface area contributed by atoms with Crippen molar-refractivity contribution in [2.45, 2.75) is 82.6 Å². The Bertz CT molecular complexity index is 1170. The summed E-state index contributed by atoms with van der Waals surface area (Å²) in [7, 11) is 0. The molecule has 0 aliphatic heterocycles. The fraction of sp³-hybridized carbons (Fsp3) is 0.520. The molecule has 0 saturated heterocycles. The molecule has 2 heterocycles. The standard InChI is InChI=1S/C25H31N7O3/c1-16(33)29-25(14-4-2-3-5-15-25)24-27-21(35-32-24)13-12-20(34)26-19-10-8-18(9-11-19)23-28-22(30-31-23)17-6-7-17/h8-11,17H,2-7,12-15H2,1H3,(H,26,34)(H,29,33)(H,28,30,31). The second kappa shape index (κ2) is 9.97. The number of aromatic amines is 1. The second-order valence-corrected chi connectivity index (χ2v) is 9.63. The highest BCUT2D eigenvalue weighted by Crippen LogP contribution is 2.38. The van der Waals surface area contributed by atoms with Crippen molar-refractivity contribution in [3.8, 4) is 11.4 Å². The van der Waals surface area contributed by atoms with Gasteiger partial charge in [0.15, 0.2) is 11.6 Å². The molecule has 5 rings (SSSR count). The molecule has 0 radical (unpaired) electrons. The zero-order chi connectivity index (χ0) is 24.3. The highest BCUT2D eigenvalue weighted by molar-refractivity contribution is 5.91. The monoisotopic (exact) mass is 477 g/mol. The molecule has 2 saturated carbocycles. The third-order valence-electron chi connectivity index (χ3n) is 6.73. The van der Waals surface area contributed by atoms with Crippen LogP contribution in [-0.4, -0.2) is 37.1 Å². The Morgan fingerprint density at radius 3 is 2.51 bits per heavy atom. The van der Waals surface area contributed by atoms with Gasteiger partial charge in [-0.2, -0.15) is 10.1 Å². The van der Waals surface area contributed by atoms with Gasteiger partial charge in [-0.15, -0.1) is 0 Å². The number of carbonyl (C=O) groups excluding carboxylic acids is 2. The Hall–Kier alpha value is -3.56. The first-order valence-electron chi connectivity index (χ1n) is 12.5. The fourth-order valence-corrected chi connectivity index (χ4v) is 4.71. The van der Waals surface area contributed by atoms with Gasteiger partial charge in [-0.3, -0.25) is 14.7 Å². The van der Waals surface area contributed by atoms with Crippen LogP contribution in [0.2, 0.25) is 0 Å². The quantitative estimate of drug-likeness (QED) is 0.417. The van der Waals surface area contributed by atoms with Gasteiger partial charge in [-0.1, -0.05) is 30.8 Å². The minimum absolute atomic E-state index is 0.102. The summed E-state index contributed by atoms with van der Waals surface area (Å²) in [5.41, 5.74) is 1.01. The van der Waals surface area contributed by atoms with Gasteiger partial charge >= 0.3 is 0 Å². The van der Waals surface area contributed by atoms with Gasteiger partial charge in [-0.25, -0.2) is 4.98 Å². The average molecular weight is 478 g/mol. The molecule has 2 fully saturated rings. The molecule has 0 unspecified atom stereocenters. The van der Waals surface area contributed by atoms with E-state index in [9.17, 15) is 9.59 Å². The first-order valence-corrected chi connectivity index (χ1v) is 12.5. The Morgan fingerprint density at radius 1 is 1.09 bits per heavy atom. The van der Waals surface area contributed by atoms with Crippen LogP contribution in [0.3, 0.4) is 0 Å².